The highest BCUT2D eigenvalue weighted by atomic mass is 35.6. The Morgan fingerprint density at radius 2 is 1.38 bits per heavy atom. The number of nitrogens with zero attached hydrogens (tertiary/aromatic N) is 3. The van der Waals surface area contributed by atoms with E-state index in [-0.39, 0.29) is 17.5 Å². The van der Waals surface area contributed by atoms with Gasteiger partial charge in [0.1, 0.15) is 0 Å². The molecule has 1 heterocycles. The van der Waals surface area contributed by atoms with Crippen LogP contribution in [0, 0.1) is 0 Å². The molecule has 0 saturated carbocycles. The number of aromatic nitrogens is 3. The van der Waals surface area contributed by atoms with Crippen molar-refractivity contribution in [2.75, 3.05) is 7.11 Å². The summed E-state index contributed by atoms with van der Waals surface area (Å²) in [7, 11) is 1.48. The quantitative estimate of drug-likeness (QED) is 0.456. The van der Waals surface area contributed by atoms with E-state index >= 15 is 0 Å². The van der Waals surface area contributed by atoms with Gasteiger partial charge >= 0.3 is 0 Å². The van der Waals surface area contributed by atoms with Crippen molar-refractivity contribution in [3.63, 3.8) is 0 Å². The van der Waals surface area contributed by atoms with Gasteiger partial charge in [0.05, 0.1) is 18.9 Å². The lowest BCUT2D eigenvalue weighted by molar-refractivity contribution is 0.339. The zero-order chi connectivity index (χ0) is 18.0. The fourth-order valence-electron chi connectivity index (χ4n) is 1.74. The lowest BCUT2D eigenvalue weighted by Crippen LogP contribution is -2.18. The summed E-state index contributed by atoms with van der Waals surface area (Å²) in [5.74, 6) is -0.200. The van der Waals surface area contributed by atoms with Crippen molar-refractivity contribution in [1.29, 1.82) is 0 Å². The van der Waals surface area contributed by atoms with Crippen LogP contribution in [0.15, 0.2) is 36.6 Å². The number of ether oxygens (including phenoxy) is 1. The van der Waals surface area contributed by atoms with E-state index in [1.54, 1.807) is 0 Å². The van der Waals surface area contributed by atoms with Crippen LogP contribution in [0.1, 0.15) is 23.0 Å². The van der Waals surface area contributed by atoms with Gasteiger partial charge in [0, 0.05) is 0 Å². The summed E-state index contributed by atoms with van der Waals surface area (Å²) in [5.41, 5.74) is 1.27. The molecule has 0 N–H and O–H groups in total. The van der Waals surface area contributed by atoms with Gasteiger partial charge in [0.15, 0.2) is 17.5 Å². The van der Waals surface area contributed by atoms with Gasteiger partial charge in [-0.15, -0.1) is 0 Å². The molecule has 0 amide bonds. The van der Waals surface area contributed by atoms with Crippen LogP contribution in [0.3, 0.4) is 0 Å². The first-order valence-corrected chi connectivity index (χ1v) is 8.59. The molecule has 2 aromatic rings. The Bertz CT molecular complexity index is 708. The predicted octanol–water partition coefficient (Wildman–Crippen LogP) is 5.56. The molecule has 0 aliphatic rings. The van der Waals surface area contributed by atoms with E-state index in [2.05, 4.69) is 15.0 Å². The van der Waals surface area contributed by atoms with E-state index in [0.29, 0.717) is 5.57 Å². The third kappa shape index (κ3) is 5.01. The van der Waals surface area contributed by atoms with Crippen LogP contribution in [-0.2, 0) is 12.3 Å². The number of rotatable bonds is 3. The van der Waals surface area contributed by atoms with Crippen LogP contribution in [0.2, 0.25) is 0 Å². The molecule has 1 aromatic heterocycles. The largest absolute Gasteiger partial charge is 0.504 e. The minimum atomic E-state index is -1.92. The monoisotopic (exact) mass is 445 g/mol. The molecule has 0 atom stereocenters. The molecule has 4 nitrogen and oxygen atoms in total. The van der Waals surface area contributed by atoms with Crippen molar-refractivity contribution in [3.05, 3.63) is 59.6 Å². The number of hydrogen-bond acceptors (Lipinski definition) is 4. The smallest absolute Gasteiger partial charge is 0.250 e. The lowest BCUT2D eigenvalue weighted by atomic mass is 10.1. The van der Waals surface area contributed by atoms with Gasteiger partial charge in [0.25, 0.3) is 0 Å². The van der Waals surface area contributed by atoms with Gasteiger partial charge < -0.3 is 4.74 Å². The molecule has 0 fully saturated rings. The van der Waals surface area contributed by atoms with Crippen LogP contribution in [-0.4, -0.2) is 22.1 Å². The Hall–Kier alpha value is -0.490. The maximum Gasteiger partial charge on any atom is 0.250 e. The molecule has 0 unspecified atom stereocenters. The zero-order valence-corrected chi connectivity index (χ0v) is 16.5. The molecule has 1 aromatic carbocycles. The number of hydrogen-bond donors (Lipinski definition) is 0. The SMILES string of the molecule is COC=C(c1ccccc1)c1nc(C(Cl)(Cl)Cl)nc(C(Cl)(Cl)Cl)n1. The second-order valence-corrected chi connectivity index (χ2v) is 9.00. The molecule has 24 heavy (non-hydrogen) atoms. The molecule has 0 aliphatic heterocycles. The minimum Gasteiger partial charge on any atom is -0.504 e. The zero-order valence-electron chi connectivity index (χ0n) is 12.0. The van der Waals surface area contributed by atoms with Crippen LogP contribution in [0.4, 0.5) is 0 Å². The van der Waals surface area contributed by atoms with E-state index < -0.39 is 7.59 Å². The Balaban J connectivity index is 2.69. The number of methoxy groups -OCH3 is 1. The molecule has 128 valence electrons. The van der Waals surface area contributed by atoms with Gasteiger partial charge in [-0.3, -0.25) is 0 Å². The highest BCUT2D eigenvalue weighted by molar-refractivity contribution is 6.67. The average molecular weight is 448 g/mol. The van der Waals surface area contributed by atoms with Crippen LogP contribution in [0.25, 0.3) is 5.57 Å². The third-order valence-electron chi connectivity index (χ3n) is 2.70. The van der Waals surface area contributed by atoms with Crippen LogP contribution in [0.5, 0.6) is 0 Å². The van der Waals surface area contributed by atoms with E-state index in [9.17, 15) is 0 Å². The first-order chi connectivity index (χ1) is 11.1. The summed E-state index contributed by atoms with van der Waals surface area (Å²) >= 11 is 35.3. The fourth-order valence-corrected chi connectivity index (χ4v) is 2.24. The molecule has 2 rings (SSSR count). The first-order valence-electron chi connectivity index (χ1n) is 6.32. The maximum absolute atomic E-state index is 5.88. The highest BCUT2D eigenvalue weighted by Gasteiger charge is 2.34. The summed E-state index contributed by atoms with van der Waals surface area (Å²) in [6, 6.07) is 9.20. The average Bonchev–Trinajstić information content (AvgIpc) is 2.51. The number of benzene rings is 1. The van der Waals surface area contributed by atoms with Crippen molar-refractivity contribution in [2.45, 2.75) is 7.59 Å². The Kier molecular flexibility index (Phi) is 6.46. The second kappa shape index (κ2) is 7.81. The van der Waals surface area contributed by atoms with Crippen LogP contribution >= 0.6 is 69.6 Å². The van der Waals surface area contributed by atoms with Crippen molar-refractivity contribution in [2.24, 2.45) is 0 Å². The van der Waals surface area contributed by atoms with Crippen molar-refractivity contribution in [1.82, 2.24) is 15.0 Å². The predicted molar refractivity (Wildman–Crippen MR) is 98.8 cm³/mol. The van der Waals surface area contributed by atoms with E-state index in [1.807, 2.05) is 30.3 Å². The molecule has 0 bridgehead atoms. The molecule has 0 aliphatic carbocycles. The molecular weight excluding hydrogens is 439 g/mol. The molecule has 0 radical (unpaired) electrons. The standard InChI is InChI=1S/C14H9Cl6N3O/c1-24-7-9(8-5-3-2-4-6-8)10-21-11(13(15,16)17)23-12(22-10)14(18,19)20/h2-7H,1H3. The maximum atomic E-state index is 5.88. The Morgan fingerprint density at radius 3 is 1.79 bits per heavy atom. The van der Waals surface area contributed by atoms with Gasteiger partial charge in [-0.25, -0.2) is 15.0 Å². The Morgan fingerprint density at radius 1 is 0.875 bits per heavy atom. The third-order valence-corrected chi connectivity index (χ3v) is 3.72. The topological polar surface area (TPSA) is 47.9 Å². The summed E-state index contributed by atoms with van der Waals surface area (Å²) in [4.78, 5) is 12.3. The summed E-state index contributed by atoms with van der Waals surface area (Å²) in [6.45, 7) is 0. The second-order valence-electron chi connectivity index (χ2n) is 4.44. The van der Waals surface area contributed by atoms with Gasteiger partial charge in [-0.2, -0.15) is 0 Å². The van der Waals surface area contributed by atoms with Crippen molar-refractivity contribution >= 4 is 75.2 Å². The van der Waals surface area contributed by atoms with E-state index in [1.165, 1.54) is 13.4 Å². The van der Waals surface area contributed by atoms with Gasteiger partial charge in [-0.05, 0) is 5.56 Å². The molecule has 10 heteroatoms. The van der Waals surface area contributed by atoms with Gasteiger partial charge in [0.2, 0.25) is 7.59 Å². The van der Waals surface area contributed by atoms with E-state index in [4.69, 9.17) is 74.3 Å². The number of halogens is 6. The molecule has 0 saturated heterocycles. The summed E-state index contributed by atoms with van der Waals surface area (Å²) in [6.07, 6.45) is 1.44. The molecule has 0 spiro atoms. The minimum absolute atomic E-state index is 0.140. The van der Waals surface area contributed by atoms with Crippen molar-refractivity contribution in [3.8, 4) is 0 Å². The normalized spacial score (nSPS) is 13.0. The van der Waals surface area contributed by atoms with Crippen molar-refractivity contribution < 1.29 is 4.74 Å². The van der Waals surface area contributed by atoms with Crippen LogP contribution < -0.4 is 0 Å². The highest BCUT2D eigenvalue weighted by Crippen LogP contribution is 2.40. The van der Waals surface area contributed by atoms with E-state index in [0.717, 1.165) is 5.56 Å². The first kappa shape index (κ1) is 19.8. The van der Waals surface area contributed by atoms with Gasteiger partial charge in [-0.1, -0.05) is 99.9 Å². The number of alkyl halides is 6. The summed E-state index contributed by atoms with van der Waals surface area (Å²) in [5, 5.41) is 0. The lowest BCUT2D eigenvalue weighted by Gasteiger charge is -2.16. The molecular formula is C14H9Cl6N3O. The Labute approximate surface area is 168 Å². The summed E-state index contributed by atoms with van der Waals surface area (Å²) < 4.78 is 1.26. The fraction of sp³-hybridized carbons (Fsp3) is 0.214.